The highest BCUT2D eigenvalue weighted by Gasteiger charge is 2.52. The van der Waals surface area contributed by atoms with Crippen LogP contribution >= 0.6 is 0 Å². The van der Waals surface area contributed by atoms with Crippen molar-refractivity contribution in [3.05, 3.63) is 0 Å². The topological polar surface area (TPSA) is 46.3 Å². The predicted molar refractivity (Wildman–Crippen MR) is 101 cm³/mol. The first-order valence-electron chi connectivity index (χ1n) is 9.71. The maximum atomic E-state index is 12.7. The first-order chi connectivity index (χ1) is 10.7. The Kier molecular flexibility index (Phi) is 10.1. The van der Waals surface area contributed by atoms with Crippen molar-refractivity contribution < 1.29 is 4.79 Å². The van der Waals surface area contributed by atoms with Gasteiger partial charge in [0.25, 0.3) is 0 Å². The van der Waals surface area contributed by atoms with E-state index in [0.29, 0.717) is 5.92 Å². The molecule has 0 heterocycles. The van der Waals surface area contributed by atoms with Gasteiger partial charge < -0.3 is 5.73 Å². The van der Waals surface area contributed by atoms with Gasteiger partial charge in [-0.15, -0.1) is 0 Å². The number of nitrogens with zero attached hydrogens (tertiary/aromatic N) is 1. The smallest absolute Gasteiger partial charge is 0.225 e. The van der Waals surface area contributed by atoms with Crippen LogP contribution < -0.4 is 5.73 Å². The Morgan fingerprint density at radius 3 is 1.52 bits per heavy atom. The largest absolute Gasteiger partial charge is 0.369 e. The minimum Gasteiger partial charge on any atom is -0.369 e. The molecule has 0 fully saturated rings. The molecule has 0 aromatic carbocycles. The lowest BCUT2D eigenvalue weighted by Gasteiger charge is -2.51. The van der Waals surface area contributed by atoms with Crippen LogP contribution in [0, 0.1) is 23.2 Å². The summed E-state index contributed by atoms with van der Waals surface area (Å²) in [6.45, 7) is 19.7. The summed E-state index contributed by atoms with van der Waals surface area (Å²) in [5.74, 6) is 0.747. The van der Waals surface area contributed by atoms with Crippen LogP contribution in [0.2, 0.25) is 0 Å². The second-order valence-corrected chi connectivity index (χ2v) is 8.04. The Balaban J connectivity index is 5.94. The molecule has 3 nitrogen and oxygen atoms in total. The van der Waals surface area contributed by atoms with Gasteiger partial charge in [-0.1, -0.05) is 68.2 Å². The molecule has 0 aliphatic rings. The molecule has 0 radical (unpaired) electrons. The molecule has 0 aromatic rings. The van der Waals surface area contributed by atoms with Crippen LogP contribution in [-0.2, 0) is 4.79 Å². The first kappa shape index (κ1) is 22.4. The second kappa shape index (κ2) is 10.3. The van der Waals surface area contributed by atoms with Gasteiger partial charge in [0, 0.05) is 6.04 Å². The summed E-state index contributed by atoms with van der Waals surface area (Å²) in [5, 5.41) is 0. The number of rotatable bonds is 12. The Morgan fingerprint density at radius 1 is 0.913 bits per heavy atom. The fourth-order valence-electron chi connectivity index (χ4n) is 4.45. The zero-order valence-corrected chi connectivity index (χ0v) is 17.0. The van der Waals surface area contributed by atoms with E-state index < -0.39 is 5.41 Å². The van der Waals surface area contributed by atoms with Crippen molar-refractivity contribution >= 4 is 5.91 Å². The molecule has 0 aliphatic heterocycles. The molecule has 0 bridgehead atoms. The second-order valence-electron chi connectivity index (χ2n) is 8.04. The van der Waals surface area contributed by atoms with Gasteiger partial charge in [-0.2, -0.15) is 0 Å². The highest BCUT2D eigenvalue weighted by molar-refractivity contribution is 5.82. The molecule has 0 aromatic heterocycles. The number of carbonyl (C=O) groups excluding carboxylic acids is 1. The van der Waals surface area contributed by atoms with Crippen molar-refractivity contribution in [3.63, 3.8) is 0 Å². The minimum absolute atomic E-state index is 0.126. The Labute approximate surface area is 145 Å². The van der Waals surface area contributed by atoms with Crippen molar-refractivity contribution in [3.8, 4) is 0 Å². The number of carbonyl (C=O) groups is 1. The molecule has 138 valence electrons. The summed E-state index contributed by atoms with van der Waals surface area (Å²) in [6.07, 6.45) is 4.72. The van der Waals surface area contributed by atoms with Crippen LogP contribution in [0.5, 0.6) is 0 Å². The summed E-state index contributed by atoms with van der Waals surface area (Å²) < 4.78 is 0. The van der Waals surface area contributed by atoms with E-state index in [-0.39, 0.29) is 23.8 Å². The summed E-state index contributed by atoms with van der Waals surface area (Å²) in [4.78, 5) is 15.3. The fourth-order valence-corrected chi connectivity index (χ4v) is 4.45. The van der Waals surface area contributed by atoms with E-state index >= 15 is 0 Å². The highest BCUT2D eigenvalue weighted by atomic mass is 16.1. The predicted octanol–water partition coefficient (Wildman–Crippen LogP) is 4.70. The van der Waals surface area contributed by atoms with E-state index in [1.54, 1.807) is 0 Å². The maximum Gasteiger partial charge on any atom is 0.225 e. The van der Waals surface area contributed by atoms with Crippen molar-refractivity contribution in [2.75, 3.05) is 13.1 Å². The average Bonchev–Trinajstić information content (AvgIpc) is 2.43. The first-order valence-corrected chi connectivity index (χ1v) is 9.71. The van der Waals surface area contributed by atoms with Gasteiger partial charge in [0.15, 0.2) is 0 Å². The molecule has 0 saturated carbocycles. The third kappa shape index (κ3) is 5.20. The quantitative estimate of drug-likeness (QED) is 0.565. The van der Waals surface area contributed by atoms with Crippen LogP contribution in [0.25, 0.3) is 0 Å². The zero-order chi connectivity index (χ0) is 18.2. The van der Waals surface area contributed by atoms with Gasteiger partial charge in [0.1, 0.15) is 0 Å². The van der Waals surface area contributed by atoms with Crippen LogP contribution in [0.1, 0.15) is 81.1 Å². The number of primary amides is 1. The number of hydrogen-bond donors (Lipinski definition) is 1. The Morgan fingerprint density at radius 2 is 1.30 bits per heavy atom. The molecule has 2 N–H and O–H groups in total. The van der Waals surface area contributed by atoms with Crippen LogP contribution in [0.15, 0.2) is 0 Å². The third-order valence-electron chi connectivity index (χ3n) is 5.45. The van der Waals surface area contributed by atoms with E-state index in [4.69, 9.17) is 5.73 Å². The molecule has 0 aliphatic carbocycles. The standard InChI is InChI=1S/C20H42N2O/c1-9-11-13-22(14-12-10-2)18(15(3)4)20(16(5)6,17(7)8)19(21)23/h15-18H,9-14H2,1-8H3,(H2,21,23). The van der Waals surface area contributed by atoms with Crippen molar-refractivity contribution in [1.29, 1.82) is 0 Å². The van der Waals surface area contributed by atoms with E-state index in [1.165, 1.54) is 25.7 Å². The monoisotopic (exact) mass is 326 g/mol. The van der Waals surface area contributed by atoms with Crippen molar-refractivity contribution in [1.82, 2.24) is 4.90 Å². The molecule has 0 rings (SSSR count). The van der Waals surface area contributed by atoms with Crippen LogP contribution in [-0.4, -0.2) is 29.9 Å². The lowest BCUT2D eigenvalue weighted by molar-refractivity contribution is -0.143. The molecule has 1 atom stereocenters. The zero-order valence-electron chi connectivity index (χ0n) is 17.0. The molecule has 23 heavy (non-hydrogen) atoms. The van der Waals surface area contributed by atoms with Gasteiger partial charge >= 0.3 is 0 Å². The lowest BCUT2D eigenvalue weighted by atomic mass is 9.60. The van der Waals surface area contributed by atoms with Crippen molar-refractivity contribution in [2.24, 2.45) is 28.9 Å². The highest BCUT2D eigenvalue weighted by Crippen LogP contribution is 2.44. The van der Waals surface area contributed by atoms with Gasteiger partial charge in [-0.05, 0) is 43.7 Å². The summed E-state index contributed by atoms with van der Waals surface area (Å²) in [6, 6.07) is 0.207. The molecule has 1 unspecified atom stereocenters. The molecule has 0 saturated heterocycles. The molecule has 1 amide bonds. The molecular weight excluding hydrogens is 284 g/mol. The van der Waals surface area contributed by atoms with Gasteiger partial charge in [-0.3, -0.25) is 9.69 Å². The minimum atomic E-state index is -0.477. The van der Waals surface area contributed by atoms with Crippen LogP contribution in [0.4, 0.5) is 0 Å². The normalized spacial score (nSPS) is 14.3. The SMILES string of the molecule is CCCCN(CCCC)C(C(C)C)C(C(N)=O)(C(C)C)C(C)C. The van der Waals surface area contributed by atoms with E-state index in [2.05, 4.69) is 60.3 Å². The van der Waals surface area contributed by atoms with Crippen molar-refractivity contribution in [2.45, 2.75) is 87.1 Å². The third-order valence-corrected chi connectivity index (χ3v) is 5.45. The van der Waals surface area contributed by atoms with Gasteiger partial charge in [-0.25, -0.2) is 0 Å². The number of hydrogen-bond acceptors (Lipinski definition) is 2. The Bertz CT molecular complexity index is 321. The van der Waals surface area contributed by atoms with Gasteiger partial charge in [0.2, 0.25) is 5.91 Å². The number of nitrogens with two attached hydrogens (primary N) is 1. The molecule has 3 heteroatoms. The fraction of sp³-hybridized carbons (Fsp3) is 0.950. The van der Waals surface area contributed by atoms with E-state index in [0.717, 1.165) is 13.1 Å². The van der Waals surface area contributed by atoms with Gasteiger partial charge in [0.05, 0.1) is 5.41 Å². The van der Waals surface area contributed by atoms with Crippen LogP contribution in [0.3, 0.4) is 0 Å². The summed E-state index contributed by atoms with van der Waals surface area (Å²) in [5.41, 5.74) is 5.57. The summed E-state index contributed by atoms with van der Waals surface area (Å²) in [7, 11) is 0. The summed E-state index contributed by atoms with van der Waals surface area (Å²) >= 11 is 0. The number of amides is 1. The van der Waals surface area contributed by atoms with E-state index in [9.17, 15) is 4.79 Å². The molecule has 0 spiro atoms. The van der Waals surface area contributed by atoms with E-state index in [1.807, 2.05) is 0 Å². The number of unbranched alkanes of at least 4 members (excludes halogenated alkanes) is 2. The Hall–Kier alpha value is -0.570. The average molecular weight is 327 g/mol. The lowest BCUT2D eigenvalue weighted by Crippen LogP contribution is -2.62. The molecular formula is C20H42N2O. The maximum absolute atomic E-state index is 12.7.